The number of nitrogens with one attached hydrogen (secondary N) is 1. The number of hydrogen-bond donors (Lipinski definition) is 1. The second kappa shape index (κ2) is 12.7. The Balaban J connectivity index is 1.30. The smallest absolute Gasteiger partial charge is 0.320 e. The van der Waals surface area contributed by atoms with Gasteiger partial charge < -0.3 is 24.4 Å². The van der Waals surface area contributed by atoms with Crippen molar-refractivity contribution in [3.8, 4) is 0 Å². The van der Waals surface area contributed by atoms with Crippen molar-refractivity contribution in [1.29, 1.82) is 0 Å². The standard InChI is InChI=1S/C30H35BrClN7O3/c1-36-19-33-17-24(36)6-7-34-29(40)26-18-38(8-9-39(26)30(41)37-10-12-42-13-11-37)28-25-5-4-23(32)15-20(25)2-3-21-14-22(31)16-35-27(21)28/h4-5,14-17,19,26,28H,2-3,6-13,18H2,1H3,(H,34,40)/t26-,28?/m1/s1. The molecule has 0 saturated carbocycles. The van der Waals surface area contributed by atoms with Crippen LogP contribution in [0, 0.1) is 0 Å². The maximum absolute atomic E-state index is 13.8. The zero-order valence-electron chi connectivity index (χ0n) is 23.6. The molecule has 10 nitrogen and oxygen atoms in total. The van der Waals surface area contributed by atoms with E-state index in [1.165, 1.54) is 11.1 Å². The molecule has 222 valence electrons. The Morgan fingerprint density at radius 1 is 1.10 bits per heavy atom. The topological polar surface area (TPSA) is 95.8 Å². The molecular weight excluding hydrogens is 622 g/mol. The number of ether oxygens (including phenoxy) is 1. The fourth-order valence-electron chi connectivity index (χ4n) is 6.27. The molecule has 12 heteroatoms. The molecule has 1 aliphatic carbocycles. The molecule has 3 amide bonds. The number of halogens is 2. The van der Waals surface area contributed by atoms with Crippen molar-refractivity contribution in [2.24, 2.45) is 7.05 Å². The molecular formula is C30H35BrClN7O3. The molecule has 2 fully saturated rings. The van der Waals surface area contributed by atoms with Crippen molar-refractivity contribution in [3.05, 3.63) is 80.6 Å². The first-order chi connectivity index (χ1) is 20.4. The van der Waals surface area contributed by atoms with Crippen LogP contribution in [0.2, 0.25) is 5.02 Å². The van der Waals surface area contributed by atoms with Gasteiger partial charge in [-0.05, 0) is 63.7 Å². The molecule has 2 aliphatic heterocycles. The molecule has 1 aromatic carbocycles. The lowest BCUT2D eigenvalue weighted by Gasteiger charge is -2.45. The molecule has 1 N–H and O–H groups in total. The van der Waals surface area contributed by atoms with Gasteiger partial charge in [0.05, 0.1) is 31.3 Å². The van der Waals surface area contributed by atoms with Gasteiger partial charge in [-0.1, -0.05) is 17.7 Å². The molecule has 3 aromatic rings. The molecule has 42 heavy (non-hydrogen) atoms. The van der Waals surface area contributed by atoms with Crippen LogP contribution in [-0.4, -0.2) is 99.7 Å². The highest BCUT2D eigenvalue weighted by Crippen LogP contribution is 2.38. The number of morpholine rings is 1. The van der Waals surface area contributed by atoms with Crippen LogP contribution in [0.15, 0.2) is 47.5 Å². The molecule has 0 spiro atoms. The average Bonchev–Trinajstić information content (AvgIpc) is 3.34. The predicted octanol–water partition coefficient (Wildman–Crippen LogP) is 3.22. The summed E-state index contributed by atoms with van der Waals surface area (Å²) in [6.07, 6.45) is 7.75. The highest BCUT2D eigenvalue weighted by molar-refractivity contribution is 9.10. The maximum atomic E-state index is 13.8. The van der Waals surface area contributed by atoms with E-state index in [0.29, 0.717) is 63.9 Å². The zero-order chi connectivity index (χ0) is 29.2. The van der Waals surface area contributed by atoms with Crippen LogP contribution in [0.5, 0.6) is 0 Å². The number of rotatable bonds is 5. The van der Waals surface area contributed by atoms with E-state index < -0.39 is 6.04 Å². The Morgan fingerprint density at radius 2 is 1.90 bits per heavy atom. The summed E-state index contributed by atoms with van der Waals surface area (Å²) in [7, 11) is 1.94. The number of amides is 3. The number of urea groups is 1. The number of fused-ring (bicyclic) bond motifs is 2. The maximum Gasteiger partial charge on any atom is 0.320 e. The van der Waals surface area contributed by atoms with Gasteiger partial charge in [0, 0.05) is 80.3 Å². The van der Waals surface area contributed by atoms with Gasteiger partial charge in [0.1, 0.15) is 6.04 Å². The van der Waals surface area contributed by atoms with Crippen LogP contribution in [0.3, 0.4) is 0 Å². The fraction of sp³-hybridized carbons (Fsp3) is 0.467. The molecule has 4 heterocycles. The van der Waals surface area contributed by atoms with Crippen LogP contribution in [0.4, 0.5) is 4.79 Å². The summed E-state index contributed by atoms with van der Waals surface area (Å²) >= 11 is 10.0. The van der Waals surface area contributed by atoms with Gasteiger partial charge in [-0.15, -0.1) is 0 Å². The van der Waals surface area contributed by atoms with Gasteiger partial charge >= 0.3 is 6.03 Å². The van der Waals surface area contributed by atoms with E-state index in [0.717, 1.165) is 34.3 Å². The highest BCUT2D eigenvalue weighted by atomic mass is 79.9. The number of aromatic nitrogens is 3. The Bertz CT molecular complexity index is 1410. The first-order valence-electron chi connectivity index (χ1n) is 14.4. The minimum Gasteiger partial charge on any atom is -0.378 e. The number of benzene rings is 1. The van der Waals surface area contributed by atoms with Gasteiger partial charge in [0.2, 0.25) is 5.91 Å². The minimum absolute atomic E-state index is 0.111. The number of piperazine rings is 1. The summed E-state index contributed by atoms with van der Waals surface area (Å²) in [5, 5.41) is 3.82. The van der Waals surface area contributed by atoms with Crippen molar-refractivity contribution < 1.29 is 14.3 Å². The van der Waals surface area contributed by atoms with Gasteiger partial charge in [-0.2, -0.15) is 0 Å². The summed E-state index contributed by atoms with van der Waals surface area (Å²) in [6, 6.07) is 7.29. The number of carbonyl (C=O) groups excluding carboxylic acids is 2. The Labute approximate surface area is 259 Å². The summed E-state index contributed by atoms with van der Waals surface area (Å²) < 4.78 is 8.36. The van der Waals surface area contributed by atoms with Crippen molar-refractivity contribution in [2.45, 2.75) is 31.3 Å². The molecule has 6 rings (SSSR count). The third-order valence-corrected chi connectivity index (χ3v) is 9.16. The number of aryl methyl sites for hydroxylation is 3. The lowest BCUT2D eigenvalue weighted by molar-refractivity contribution is -0.128. The van der Waals surface area contributed by atoms with Gasteiger partial charge in [0.15, 0.2) is 0 Å². The average molecular weight is 657 g/mol. The van der Waals surface area contributed by atoms with Crippen LogP contribution < -0.4 is 5.32 Å². The molecule has 2 atom stereocenters. The Kier molecular flexibility index (Phi) is 8.80. The van der Waals surface area contributed by atoms with Crippen molar-refractivity contribution in [3.63, 3.8) is 0 Å². The van der Waals surface area contributed by atoms with Crippen LogP contribution >= 0.6 is 27.5 Å². The van der Waals surface area contributed by atoms with Gasteiger partial charge in [-0.3, -0.25) is 14.7 Å². The number of imidazole rings is 1. The lowest BCUT2D eigenvalue weighted by atomic mass is 9.95. The zero-order valence-corrected chi connectivity index (χ0v) is 26.0. The van der Waals surface area contributed by atoms with Crippen molar-refractivity contribution >= 4 is 39.5 Å². The van der Waals surface area contributed by atoms with E-state index in [1.807, 2.05) is 29.9 Å². The van der Waals surface area contributed by atoms with E-state index in [-0.39, 0.29) is 18.0 Å². The van der Waals surface area contributed by atoms with E-state index in [2.05, 4.69) is 43.3 Å². The molecule has 3 aliphatic rings. The molecule has 2 aromatic heterocycles. The van der Waals surface area contributed by atoms with Crippen LogP contribution in [-0.2, 0) is 35.8 Å². The van der Waals surface area contributed by atoms with E-state index in [1.54, 1.807) is 22.3 Å². The highest BCUT2D eigenvalue weighted by Gasteiger charge is 2.41. The SMILES string of the molecule is Cn1cncc1CCNC(=O)[C@H]1CN(C2c3ccc(Cl)cc3CCc3cc(Br)cnc32)CCN1C(=O)N1CCOCC1. The molecule has 0 bridgehead atoms. The Morgan fingerprint density at radius 3 is 2.69 bits per heavy atom. The summed E-state index contributed by atoms with van der Waals surface area (Å²) in [5.74, 6) is -0.155. The second-order valence-electron chi connectivity index (χ2n) is 11.1. The predicted molar refractivity (Wildman–Crippen MR) is 162 cm³/mol. The van der Waals surface area contributed by atoms with Crippen molar-refractivity contribution in [2.75, 3.05) is 52.5 Å². The second-order valence-corrected chi connectivity index (χ2v) is 12.4. The number of carbonyl (C=O) groups is 2. The monoisotopic (exact) mass is 655 g/mol. The van der Waals surface area contributed by atoms with E-state index in [9.17, 15) is 9.59 Å². The third-order valence-electron chi connectivity index (χ3n) is 8.49. The quantitative estimate of drug-likeness (QED) is 0.454. The largest absolute Gasteiger partial charge is 0.378 e. The minimum atomic E-state index is -0.654. The number of pyridine rings is 1. The molecule has 1 unspecified atom stereocenters. The fourth-order valence-corrected chi connectivity index (χ4v) is 6.84. The summed E-state index contributed by atoms with van der Waals surface area (Å²) in [6.45, 7) is 3.95. The first kappa shape index (κ1) is 29.1. The number of hydrogen-bond acceptors (Lipinski definition) is 6. The molecule has 2 saturated heterocycles. The lowest BCUT2D eigenvalue weighted by Crippen LogP contribution is -2.64. The number of nitrogens with zero attached hydrogens (tertiary/aromatic N) is 6. The van der Waals surface area contributed by atoms with E-state index in [4.69, 9.17) is 21.3 Å². The third kappa shape index (κ3) is 6.06. The summed E-state index contributed by atoms with van der Waals surface area (Å²) in [4.78, 5) is 42.5. The van der Waals surface area contributed by atoms with Crippen LogP contribution in [0.1, 0.15) is 34.1 Å². The molecule has 0 radical (unpaired) electrons. The summed E-state index contributed by atoms with van der Waals surface area (Å²) in [5.41, 5.74) is 5.53. The van der Waals surface area contributed by atoms with Gasteiger partial charge in [0.25, 0.3) is 0 Å². The normalized spacial score (nSPS) is 20.9. The Hall–Kier alpha value is -2.99. The van der Waals surface area contributed by atoms with Crippen molar-refractivity contribution in [1.82, 2.24) is 34.6 Å². The first-order valence-corrected chi connectivity index (χ1v) is 15.6. The van der Waals surface area contributed by atoms with Gasteiger partial charge in [-0.25, -0.2) is 9.78 Å². The van der Waals surface area contributed by atoms with E-state index >= 15 is 0 Å². The van der Waals surface area contributed by atoms with Crippen LogP contribution in [0.25, 0.3) is 0 Å².